The molecule has 6 nitrogen and oxygen atoms in total. The third-order valence-electron chi connectivity index (χ3n) is 4.96. The SMILES string of the molecule is Cc1nn(CC(O)CN2CCN3CCCC3C2)c(C)c1N. The number of anilines is 1. The fourth-order valence-corrected chi connectivity index (χ4v) is 3.67. The summed E-state index contributed by atoms with van der Waals surface area (Å²) in [7, 11) is 0. The molecule has 1 aromatic rings. The maximum atomic E-state index is 10.4. The van der Waals surface area contributed by atoms with Crippen LogP contribution >= 0.6 is 0 Å². The molecule has 0 bridgehead atoms. The minimum absolute atomic E-state index is 0.393. The highest BCUT2D eigenvalue weighted by Gasteiger charge is 2.31. The average molecular weight is 293 g/mol. The summed E-state index contributed by atoms with van der Waals surface area (Å²) < 4.78 is 1.83. The predicted octanol–water partition coefficient (Wildman–Crippen LogP) is 0.223. The number of nitrogens with two attached hydrogens (primary N) is 1. The number of hydrogen-bond donors (Lipinski definition) is 2. The van der Waals surface area contributed by atoms with Crippen LogP contribution in [0.4, 0.5) is 5.69 Å². The van der Waals surface area contributed by atoms with Gasteiger partial charge in [0.25, 0.3) is 0 Å². The fourth-order valence-electron chi connectivity index (χ4n) is 3.67. The Morgan fingerprint density at radius 3 is 2.81 bits per heavy atom. The van der Waals surface area contributed by atoms with Gasteiger partial charge in [0.1, 0.15) is 0 Å². The third-order valence-corrected chi connectivity index (χ3v) is 4.96. The van der Waals surface area contributed by atoms with E-state index in [1.807, 2.05) is 18.5 Å². The van der Waals surface area contributed by atoms with Crippen molar-refractivity contribution in [1.29, 1.82) is 0 Å². The van der Waals surface area contributed by atoms with E-state index < -0.39 is 6.10 Å². The topological polar surface area (TPSA) is 70.5 Å². The summed E-state index contributed by atoms with van der Waals surface area (Å²) in [5.74, 6) is 0. The summed E-state index contributed by atoms with van der Waals surface area (Å²) in [4.78, 5) is 4.98. The number of rotatable bonds is 4. The average Bonchev–Trinajstić information content (AvgIpc) is 3.00. The van der Waals surface area contributed by atoms with Crippen molar-refractivity contribution in [2.45, 2.75) is 45.4 Å². The number of β-amino-alcohol motifs (C(OH)–C–C–N with tert-alkyl or cyclic N) is 1. The van der Waals surface area contributed by atoms with Crippen LogP contribution in [0.1, 0.15) is 24.2 Å². The van der Waals surface area contributed by atoms with E-state index in [9.17, 15) is 5.11 Å². The third kappa shape index (κ3) is 3.07. The molecule has 0 aliphatic carbocycles. The molecule has 0 saturated carbocycles. The van der Waals surface area contributed by atoms with E-state index >= 15 is 0 Å². The quantitative estimate of drug-likeness (QED) is 0.831. The minimum atomic E-state index is -0.393. The Hall–Kier alpha value is -1.11. The van der Waals surface area contributed by atoms with Crippen molar-refractivity contribution in [2.75, 3.05) is 38.5 Å². The molecule has 6 heteroatoms. The molecule has 21 heavy (non-hydrogen) atoms. The molecule has 1 aromatic heterocycles. The Balaban J connectivity index is 1.54. The van der Waals surface area contributed by atoms with Gasteiger partial charge < -0.3 is 10.8 Å². The van der Waals surface area contributed by atoms with Gasteiger partial charge in [0.2, 0.25) is 0 Å². The number of aliphatic hydroxyl groups excluding tert-OH is 1. The minimum Gasteiger partial charge on any atom is -0.396 e. The zero-order valence-electron chi connectivity index (χ0n) is 13.1. The van der Waals surface area contributed by atoms with Crippen molar-refractivity contribution >= 4 is 5.69 Å². The lowest BCUT2D eigenvalue weighted by atomic mass is 10.1. The van der Waals surface area contributed by atoms with Gasteiger partial charge >= 0.3 is 0 Å². The molecule has 2 aliphatic rings. The lowest BCUT2D eigenvalue weighted by Gasteiger charge is -2.38. The van der Waals surface area contributed by atoms with E-state index in [2.05, 4.69) is 14.9 Å². The molecule has 3 heterocycles. The van der Waals surface area contributed by atoms with Crippen molar-refractivity contribution in [3.8, 4) is 0 Å². The fraction of sp³-hybridized carbons (Fsp3) is 0.800. The standard InChI is InChI=1S/C15H27N5O/c1-11-15(16)12(2)20(17-11)10-14(21)9-18-6-7-19-5-3-4-13(19)8-18/h13-14,21H,3-10,16H2,1-2H3. The van der Waals surface area contributed by atoms with Gasteiger partial charge in [-0.1, -0.05) is 0 Å². The Bertz CT molecular complexity index is 500. The van der Waals surface area contributed by atoms with Crippen LogP contribution < -0.4 is 5.73 Å². The second-order valence-corrected chi connectivity index (χ2v) is 6.51. The Labute approximate surface area is 126 Å². The predicted molar refractivity (Wildman–Crippen MR) is 83.2 cm³/mol. The van der Waals surface area contributed by atoms with Crippen molar-refractivity contribution in [1.82, 2.24) is 19.6 Å². The van der Waals surface area contributed by atoms with E-state index in [4.69, 9.17) is 5.73 Å². The first-order valence-corrected chi connectivity index (χ1v) is 7.98. The van der Waals surface area contributed by atoms with Gasteiger partial charge in [0, 0.05) is 32.2 Å². The molecule has 118 valence electrons. The van der Waals surface area contributed by atoms with E-state index in [1.54, 1.807) is 0 Å². The molecular formula is C15H27N5O. The van der Waals surface area contributed by atoms with Crippen LogP contribution in [0, 0.1) is 13.8 Å². The number of aryl methyl sites for hydroxylation is 1. The first kappa shape index (κ1) is 14.8. The first-order valence-electron chi connectivity index (χ1n) is 7.98. The largest absolute Gasteiger partial charge is 0.396 e. The monoisotopic (exact) mass is 293 g/mol. The van der Waals surface area contributed by atoms with Crippen molar-refractivity contribution in [3.63, 3.8) is 0 Å². The second-order valence-electron chi connectivity index (χ2n) is 6.51. The Morgan fingerprint density at radius 2 is 2.10 bits per heavy atom. The number of nitrogens with zero attached hydrogens (tertiary/aromatic N) is 4. The van der Waals surface area contributed by atoms with E-state index in [-0.39, 0.29) is 0 Å². The van der Waals surface area contributed by atoms with Crippen LogP contribution in [0.15, 0.2) is 0 Å². The van der Waals surface area contributed by atoms with Gasteiger partial charge in [-0.15, -0.1) is 0 Å². The molecule has 3 N–H and O–H groups in total. The lowest BCUT2D eigenvalue weighted by molar-refractivity contribution is 0.0485. The summed E-state index contributed by atoms with van der Waals surface area (Å²) in [6.07, 6.45) is 2.24. The van der Waals surface area contributed by atoms with Crippen LogP contribution in [-0.4, -0.2) is 69.6 Å². The Kier molecular flexibility index (Phi) is 4.19. The van der Waals surface area contributed by atoms with Crippen LogP contribution in [0.3, 0.4) is 0 Å². The molecule has 2 fully saturated rings. The van der Waals surface area contributed by atoms with Crippen molar-refractivity contribution < 1.29 is 5.11 Å². The van der Waals surface area contributed by atoms with E-state index in [1.165, 1.54) is 19.4 Å². The summed E-state index contributed by atoms with van der Waals surface area (Å²) in [5.41, 5.74) is 8.48. The van der Waals surface area contributed by atoms with Gasteiger partial charge in [0.15, 0.2) is 0 Å². The number of nitrogen functional groups attached to an aromatic ring is 1. The molecule has 2 aliphatic heterocycles. The van der Waals surface area contributed by atoms with E-state index in [0.29, 0.717) is 12.6 Å². The highest BCUT2D eigenvalue weighted by Crippen LogP contribution is 2.21. The lowest BCUT2D eigenvalue weighted by Crippen LogP contribution is -2.52. The van der Waals surface area contributed by atoms with Gasteiger partial charge in [-0.25, -0.2) is 0 Å². The van der Waals surface area contributed by atoms with E-state index in [0.717, 1.165) is 43.3 Å². The molecular weight excluding hydrogens is 266 g/mol. The smallest absolute Gasteiger partial charge is 0.0862 e. The number of hydrogen-bond acceptors (Lipinski definition) is 5. The van der Waals surface area contributed by atoms with Gasteiger partial charge in [-0.3, -0.25) is 14.5 Å². The van der Waals surface area contributed by atoms with Crippen LogP contribution in [0.25, 0.3) is 0 Å². The molecule has 0 amide bonds. The van der Waals surface area contributed by atoms with Gasteiger partial charge in [-0.2, -0.15) is 5.10 Å². The number of aromatic nitrogens is 2. The molecule has 3 rings (SSSR count). The van der Waals surface area contributed by atoms with Crippen LogP contribution in [0.5, 0.6) is 0 Å². The zero-order chi connectivity index (χ0) is 15.0. The number of fused-ring (bicyclic) bond motifs is 1. The maximum Gasteiger partial charge on any atom is 0.0862 e. The second kappa shape index (κ2) is 5.94. The number of aliphatic hydroxyl groups is 1. The molecule has 0 spiro atoms. The van der Waals surface area contributed by atoms with Crippen LogP contribution in [0.2, 0.25) is 0 Å². The van der Waals surface area contributed by atoms with Gasteiger partial charge in [-0.05, 0) is 33.2 Å². The molecule has 2 atom stereocenters. The summed E-state index contributed by atoms with van der Waals surface area (Å²) in [6.45, 7) is 9.67. The molecule has 2 unspecified atom stereocenters. The summed E-state index contributed by atoms with van der Waals surface area (Å²) >= 11 is 0. The van der Waals surface area contributed by atoms with Crippen molar-refractivity contribution in [3.05, 3.63) is 11.4 Å². The van der Waals surface area contributed by atoms with Crippen LogP contribution in [-0.2, 0) is 6.54 Å². The highest BCUT2D eigenvalue weighted by molar-refractivity contribution is 5.46. The first-order chi connectivity index (χ1) is 10.0. The highest BCUT2D eigenvalue weighted by atomic mass is 16.3. The zero-order valence-corrected chi connectivity index (χ0v) is 13.1. The summed E-state index contributed by atoms with van der Waals surface area (Å²) in [6, 6.07) is 0.704. The van der Waals surface area contributed by atoms with Gasteiger partial charge in [0.05, 0.1) is 29.7 Å². The molecule has 2 saturated heterocycles. The molecule has 0 radical (unpaired) electrons. The summed E-state index contributed by atoms with van der Waals surface area (Å²) in [5, 5.41) is 14.8. The Morgan fingerprint density at radius 1 is 1.29 bits per heavy atom. The normalized spacial score (nSPS) is 25.2. The molecule has 0 aromatic carbocycles. The van der Waals surface area contributed by atoms with Crippen molar-refractivity contribution in [2.24, 2.45) is 0 Å². The number of piperazine rings is 1. The maximum absolute atomic E-state index is 10.4.